The predicted octanol–water partition coefficient (Wildman–Crippen LogP) is 2.94. The maximum Gasteiger partial charge on any atom is 0.0739 e. The van der Waals surface area contributed by atoms with Crippen molar-refractivity contribution in [2.45, 2.75) is 59.2 Å². The van der Waals surface area contributed by atoms with Crippen LogP contribution >= 0.6 is 15.9 Å². The van der Waals surface area contributed by atoms with Crippen molar-refractivity contribution in [1.29, 1.82) is 0 Å². The molecule has 2 rings (SSSR count). The summed E-state index contributed by atoms with van der Waals surface area (Å²) in [6.07, 6.45) is 3.99. The van der Waals surface area contributed by atoms with Crippen molar-refractivity contribution in [2.24, 2.45) is 0 Å². The number of likely N-dealkylation sites (N-methyl/N-ethyl adjacent to an activating group) is 1. The predicted molar refractivity (Wildman–Crippen MR) is 86.9 cm³/mol. The maximum atomic E-state index is 4.61. The fraction of sp³-hybridized carbons (Fsp3) is 0.800. The van der Waals surface area contributed by atoms with E-state index in [0.717, 1.165) is 31.9 Å². The third kappa shape index (κ3) is 3.62. The summed E-state index contributed by atoms with van der Waals surface area (Å²) in [5.41, 5.74) is 2.43. The van der Waals surface area contributed by atoms with Gasteiger partial charge in [-0.25, -0.2) is 0 Å². The highest BCUT2D eigenvalue weighted by Gasteiger charge is 2.24. The maximum absolute atomic E-state index is 4.61. The zero-order valence-corrected chi connectivity index (χ0v) is 14.5. The summed E-state index contributed by atoms with van der Waals surface area (Å²) in [5.74, 6) is 0. The van der Waals surface area contributed by atoms with Gasteiger partial charge in [-0.3, -0.25) is 9.58 Å². The van der Waals surface area contributed by atoms with Crippen molar-refractivity contribution in [3.05, 3.63) is 15.9 Å². The fourth-order valence-corrected chi connectivity index (χ4v) is 3.43. The van der Waals surface area contributed by atoms with Crippen LogP contribution in [-0.2, 0) is 13.1 Å². The lowest BCUT2D eigenvalue weighted by atomic mass is 10.0. The van der Waals surface area contributed by atoms with Gasteiger partial charge in [0, 0.05) is 25.7 Å². The first-order chi connectivity index (χ1) is 9.67. The van der Waals surface area contributed by atoms with Gasteiger partial charge in [0.25, 0.3) is 0 Å². The quantitative estimate of drug-likeness (QED) is 0.862. The Morgan fingerprint density at radius 2 is 2.15 bits per heavy atom. The number of likely N-dealkylation sites (tertiary alicyclic amines) is 1. The van der Waals surface area contributed by atoms with Gasteiger partial charge in [0.15, 0.2) is 0 Å². The van der Waals surface area contributed by atoms with Crippen molar-refractivity contribution in [2.75, 3.05) is 19.6 Å². The Morgan fingerprint density at radius 1 is 1.35 bits per heavy atom. The highest BCUT2D eigenvalue weighted by Crippen LogP contribution is 2.25. The summed E-state index contributed by atoms with van der Waals surface area (Å²) in [6.45, 7) is 11.7. The van der Waals surface area contributed by atoms with Crippen LogP contribution in [0.3, 0.4) is 0 Å². The lowest BCUT2D eigenvalue weighted by molar-refractivity contribution is 0.134. The highest BCUT2D eigenvalue weighted by atomic mass is 79.9. The summed E-state index contributed by atoms with van der Waals surface area (Å²) in [7, 11) is 0. The Labute approximate surface area is 131 Å². The molecule has 0 amide bonds. The zero-order chi connectivity index (χ0) is 14.5. The molecule has 4 nitrogen and oxygen atoms in total. The lowest BCUT2D eigenvalue weighted by Gasteiger charge is -2.36. The van der Waals surface area contributed by atoms with E-state index in [2.05, 4.69) is 56.7 Å². The summed E-state index contributed by atoms with van der Waals surface area (Å²) in [5, 5.41) is 8.12. The topological polar surface area (TPSA) is 33.1 Å². The third-order valence-electron chi connectivity index (χ3n) is 4.18. The third-order valence-corrected chi connectivity index (χ3v) is 5.22. The summed E-state index contributed by atoms with van der Waals surface area (Å²) >= 11 is 3.72. The molecule has 0 spiro atoms. The van der Waals surface area contributed by atoms with E-state index in [-0.39, 0.29) is 0 Å². The van der Waals surface area contributed by atoms with E-state index < -0.39 is 0 Å². The molecule has 0 radical (unpaired) electrons. The van der Waals surface area contributed by atoms with Gasteiger partial charge in [-0.1, -0.05) is 13.3 Å². The van der Waals surface area contributed by atoms with Gasteiger partial charge in [0.1, 0.15) is 0 Å². The van der Waals surface area contributed by atoms with E-state index in [1.165, 1.54) is 36.0 Å². The lowest BCUT2D eigenvalue weighted by Crippen LogP contribution is -2.45. The minimum atomic E-state index is 0.663. The molecular weight excluding hydrogens is 316 g/mol. The number of rotatable bonds is 6. The van der Waals surface area contributed by atoms with Crippen molar-refractivity contribution in [1.82, 2.24) is 20.0 Å². The number of piperidine rings is 1. The van der Waals surface area contributed by atoms with Gasteiger partial charge in [-0.15, -0.1) is 0 Å². The second-order valence-electron chi connectivity index (χ2n) is 5.59. The van der Waals surface area contributed by atoms with E-state index in [0.29, 0.717) is 6.04 Å². The van der Waals surface area contributed by atoms with Crippen LogP contribution in [0.1, 0.15) is 44.5 Å². The number of hydrogen-bond acceptors (Lipinski definition) is 3. The van der Waals surface area contributed by atoms with E-state index >= 15 is 0 Å². The number of nitrogens with zero attached hydrogens (tertiary/aromatic N) is 3. The molecule has 1 aliphatic rings. The number of halogens is 1. The molecule has 0 aromatic carbocycles. The Morgan fingerprint density at radius 3 is 2.85 bits per heavy atom. The average Bonchev–Trinajstić information content (AvgIpc) is 2.74. The standard InChI is InChI=1S/C15H27BrN4/c1-4-17-10-13-8-6-7-9-19(13)11-14-15(16)12(3)18-20(14)5-2/h13,17H,4-11H2,1-3H3. The molecule has 114 valence electrons. The molecule has 1 unspecified atom stereocenters. The van der Waals surface area contributed by atoms with Crippen LogP contribution in [0.25, 0.3) is 0 Å². The molecule has 0 aliphatic carbocycles. The van der Waals surface area contributed by atoms with Crippen LogP contribution in [0.2, 0.25) is 0 Å². The summed E-state index contributed by atoms with van der Waals surface area (Å²) in [4.78, 5) is 2.62. The average molecular weight is 343 g/mol. The first-order valence-electron chi connectivity index (χ1n) is 7.83. The van der Waals surface area contributed by atoms with Gasteiger partial charge in [-0.05, 0) is 55.7 Å². The number of nitrogens with one attached hydrogen (secondary N) is 1. The molecule has 1 N–H and O–H groups in total. The molecule has 1 aliphatic heterocycles. The van der Waals surface area contributed by atoms with Crippen LogP contribution in [0.4, 0.5) is 0 Å². The van der Waals surface area contributed by atoms with E-state index in [4.69, 9.17) is 0 Å². The molecule has 20 heavy (non-hydrogen) atoms. The molecule has 1 saturated heterocycles. The van der Waals surface area contributed by atoms with Gasteiger partial charge in [0.05, 0.1) is 15.9 Å². The SMILES string of the molecule is CCNCC1CCCCN1Cc1c(Br)c(C)nn1CC. The van der Waals surface area contributed by atoms with Gasteiger partial charge in [-0.2, -0.15) is 5.10 Å². The number of aromatic nitrogens is 2. The minimum Gasteiger partial charge on any atom is -0.315 e. The number of hydrogen-bond donors (Lipinski definition) is 1. The van der Waals surface area contributed by atoms with Gasteiger partial charge < -0.3 is 5.32 Å². The van der Waals surface area contributed by atoms with Crippen LogP contribution in [-0.4, -0.2) is 40.4 Å². The van der Waals surface area contributed by atoms with Crippen molar-refractivity contribution < 1.29 is 0 Å². The zero-order valence-electron chi connectivity index (χ0n) is 13.0. The summed E-state index contributed by atoms with van der Waals surface area (Å²) < 4.78 is 3.32. The summed E-state index contributed by atoms with van der Waals surface area (Å²) in [6, 6.07) is 0.663. The van der Waals surface area contributed by atoms with Crippen LogP contribution in [0.15, 0.2) is 4.47 Å². The van der Waals surface area contributed by atoms with Crippen LogP contribution < -0.4 is 5.32 Å². The van der Waals surface area contributed by atoms with Crippen LogP contribution in [0.5, 0.6) is 0 Å². The van der Waals surface area contributed by atoms with Crippen LogP contribution in [0, 0.1) is 6.92 Å². The van der Waals surface area contributed by atoms with Crippen molar-refractivity contribution >= 4 is 15.9 Å². The molecule has 1 fully saturated rings. The fourth-order valence-electron chi connectivity index (χ4n) is 3.02. The molecule has 1 aromatic rings. The highest BCUT2D eigenvalue weighted by molar-refractivity contribution is 9.10. The molecule has 5 heteroatoms. The van der Waals surface area contributed by atoms with E-state index in [1.807, 2.05) is 0 Å². The first kappa shape index (κ1) is 16.0. The Bertz CT molecular complexity index is 430. The molecule has 1 atom stereocenters. The minimum absolute atomic E-state index is 0.663. The van der Waals surface area contributed by atoms with E-state index in [1.54, 1.807) is 0 Å². The second kappa shape index (κ2) is 7.57. The van der Waals surface area contributed by atoms with Gasteiger partial charge in [0.2, 0.25) is 0 Å². The smallest absolute Gasteiger partial charge is 0.0739 e. The normalized spacial score (nSPS) is 20.5. The first-order valence-corrected chi connectivity index (χ1v) is 8.63. The molecular formula is C15H27BrN4. The van der Waals surface area contributed by atoms with Gasteiger partial charge >= 0.3 is 0 Å². The van der Waals surface area contributed by atoms with Crippen molar-refractivity contribution in [3.8, 4) is 0 Å². The number of aryl methyl sites for hydroxylation is 2. The molecule has 0 bridgehead atoms. The Kier molecular flexibility index (Phi) is 6.05. The Hall–Kier alpha value is -0.390. The Balaban J connectivity index is 2.10. The van der Waals surface area contributed by atoms with Crippen molar-refractivity contribution in [3.63, 3.8) is 0 Å². The molecule has 0 saturated carbocycles. The molecule has 2 heterocycles. The monoisotopic (exact) mass is 342 g/mol. The largest absolute Gasteiger partial charge is 0.315 e. The molecule has 1 aromatic heterocycles. The second-order valence-corrected chi connectivity index (χ2v) is 6.38. The van der Waals surface area contributed by atoms with E-state index in [9.17, 15) is 0 Å².